The van der Waals surface area contributed by atoms with Crippen LogP contribution in [0, 0.1) is 23.2 Å². The van der Waals surface area contributed by atoms with E-state index in [1.807, 2.05) is 0 Å². The summed E-state index contributed by atoms with van der Waals surface area (Å²) < 4.78 is 0. The number of hydrogen-bond acceptors (Lipinski definition) is 2. The van der Waals surface area contributed by atoms with Crippen molar-refractivity contribution in [2.24, 2.45) is 11.8 Å². The van der Waals surface area contributed by atoms with E-state index in [4.69, 9.17) is 5.26 Å². The lowest BCUT2D eigenvalue weighted by atomic mass is 9.93. The van der Waals surface area contributed by atoms with E-state index < -0.39 is 0 Å². The summed E-state index contributed by atoms with van der Waals surface area (Å²) in [7, 11) is 0. The number of hydrogen-bond donors (Lipinski definition) is 1. The van der Waals surface area contributed by atoms with Crippen LogP contribution in [0.2, 0.25) is 0 Å². The largest absolute Gasteiger partial charge is 0.316 e. The highest BCUT2D eigenvalue weighted by Crippen LogP contribution is 2.19. The summed E-state index contributed by atoms with van der Waals surface area (Å²) in [5.74, 6) is 1.42. The van der Waals surface area contributed by atoms with Crippen LogP contribution in [0.25, 0.3) is 0 Å². The summed E-state index contributed by atoms with van der Waals surface area (Å²) in [6.45, 7) is 4.50. The second kappa shape index (κ2) is 4.35. The molecule has 11 heavy (non-hydrogen) atoms. The van der Waals surface area contributed by atoms with Crippen LogP contribution >= 0.6 is 0 Å². The average molecular weight is 152 g/mol. The number of nitrogens with one attached hydrogen (secondary N) is 1. The molecule has 0 saturated carbocycles. The van der Waals surface area contributed by atoms with Gasteiger partial charge >= 0.3 is 0 Å². The zero-order valence-corrected chi connectivity index (χ0v) is 7.14. The molecule has 0 aromatic rings. The maximum absolute atomic E-state index is 8.44. The van der Waals surface area contributed by atoms with E-state index in [2.05, 4.69) is 18.3 Å². The van der Waals surface area contributed by atoms with Crippen molar-refractivity contribution in [1.29, 1.82) is 5.26 Å². The maximum Gasteiger partial charge on any atom is 0.0624 e. The van der Waals surface area contributed by atoms with Crippen molar-refractivity contribution in [3.8, 4) is 6.07 Å². The molecule has 1 heterocycles. The second-order valence-corrected chi connectivity index (χ2v) is 3.56. The minimum Gasteiger partial charge on any atom is -0.316 e. The van der Waals surface area contributed by atoms with Crippen molar-refractivity contribution in [3.05, 3.63) is 0 Å². The first kappa shape index (κ1) is 8.55. The molecule has 1 saturated heterocycles. The fourth-order valence-corrected chi connectivity index (χ4v) is 1.72. The minimum atomic E-state index is 0.588. The van der Waals surface area contributed by atoms with Crippen LogP contribution in [-0.2, 0) is 0 Å². The van der Waals surface area contributed by atoms with Gasteiger partial charge in [0.1, 0.15) is 0 Å². The van der Waals surface area contributed by atoms with Gasteiger partial charge in [0.15, 0.2) is 0 Å². The Labute approximate surface area is 68.6 Å². The molecular formula is C9H16N2. The van der Waals surface area contributed by atoms with E-state index in [1.54, 1.807) is 0 Å². The molecule has 1 aliphatic heterocycles. The molecule has 1 aliphatic rings. The third-order valence-corrected chi connectivity index (χ3v) is 2.34. The lowest BCUT2D eigenvalue weighted by molar-refractivity contribution is 0.419. The van der Waals surface area contributed by atoms with Gasteiger partial charge in [-0.05, 0) is 37.8 Å². The van der Waals surface area contributed by atoms with Crippen LogP contribution in [0.15, 0.2) is 0 Å². The predicted molar refractivity (Wildman–Crippen MR) is 45.0 cm³/mol. The van der Waals surface area contributed by atoms with Gasteiger partial charge in [-0.25, -0.2) is 0 Å². The number of nitriles is 1. The van der Waals surface area contributed by atoms with Crippen LogP contribution in [0.5, 0.6) is 0 Å². The lowest BCUT2D eigenvalue weighted by Gasteiger charge is -2.11. The van der Waals surface area contributed by atoms with Gasteiger partial charge in [0.25, 0.3) is 0 Å². The first-order valence-electron chi connectivity index (χ1n) is 4.40. The molecule has 2 heteroatoms. The Morgan fingerprint density at radius 3 is 3.09 bits per heavy atom. The van der Waals surface area contributed by atoms with Crippen LogP contribution in [0.1, 0.15) is 26.2 Å². The topological polar surface area (TPSA) is 35.8 Å². The van der Waals surface area contributed by atoms with Gasteiger partial charge < -0.3 is 5.32 Å². The molecule has 0 aromatic carbocycles. The Hall–Kier alpha value is -0.550. The zero-order valence-electron chi connectivity index (χ0n) is 7.14. The highest BCUT2D eigenvalue weighted by molar-refractivity contribution is 4.78. The molecular weight excluding hydrogens is 136 g/mol. The van der Waals surface area contributed by atoms with E-state index >= 15 is 0 Å². The molecule has 2 atom stereocenters. The van der Waals surface area contributed by atoms with E-state index in [0.717, 1.165) is 18.9 Å². The molecule has 0 amide bonds. The molecule has 0 radical (unpaired) electrons. The SMILES string of the molecule is CC(CC#N)CC1CCNC1. The van der Waals surface area contributed by atoms with Crippen molar-refractivity contribution in [2.45, 2.75) is 26.2 Å². The van der Waals surface area contributed by atoms with E-state index in [-0.39, 0.29) is 0 Å². The molecule has 0 bridgehead atoms. The van der Waals surface area contributed by atoms with Crippen molar-refractivity contribution in [3.63, 3.8) is 0 Å². The molecule has 0 spiro atoms. The van der Waals surface area contributed by atoms with E-state index in [0.29, 0.717) is 5.92 Å². The zero-order chi connectivity index (χ0) is 8.10. The minimum absolute atomic E-state index is 0.588. The fourth-order valence-electron chi connectivity index (χ4n) is 1.72. The van der Waals surface area contributed by atoms with Crippen LogP contribution in [0.4, 0.5) is 0 Å². The van der Waals surface area contributed by atoms with Crippen molar-refractivity contribution >= 4 is 0 Å². The van der Waals surface area contributed by atoms with Gasteiger partial charge in [0.05, 0.1) is 6.07 Å². The Morgan fingerprint density at radius 1 is 1.73 bits per heavy atom. The van der Waals surface area contributed by atoms with Crippen LogP contribution in [0.3, 0.4) is 0 Å². The Bertz CT molecular complexity index is 142. The van der Waals surface area contributed by atoms with Gasteiger partial charge in [0.2, 0.25) is 0 Å². The summed E-state index contributed by atoms with van der Waals surface area (Å²) in [6, 6.07) is 2.22. The van der Waals surface area contributed by atoms with Crippen LogP contribution in [-0.4, -0.2) is 13.1 Å². The third-order valence-electron chi connectivity index (χ3n) is 2.34. The van der Waals surface area contributed by atoms with Gasteiger partial charge in [-0.3, -0.25) is 0 Å². The first-order chi connectivity index (χ1) is 5.33. The van der Waals surface area contributed by atoms with Gasteiger partial charge in [-0.15, -0.1) is 0 Å². The van der Waals surface area contributed by atoms with Crippen molar-refractivity contribution < 1.29 is 0 Å². The first-order valence-corrected chi connectivity index (χ1v) is 4.40. The summed E-state index contributed by atoms with van der Waals surface area (Å²) in [4.78, 5) is 0. The van der Waals surface area contributed by atoms with Gasteiger partial charge in [-0.2, -0.15) is 5.26 Å². The normalized spacial score (nSPS) is 26.4. The van der Waals surface area contributed by atoms with Crippen LogP contribution < -0.4 is 5.32 Å². The lowest BCUT2D eigenvalue weighted by Crippen LogP contribution is -2.11. The molecule has 62 valence electrons. The Kier molecular flexibility index (Phi) is 3.38. The summed E-state index contributed by atoms with van der Waals surface area (Å²) >= 11 is 0. The highest BCUT2D eigenvalue weighted by Gasteiger charge is 2.16. The molecule has 2 nitrogen and oxygen atoms in total. The Balaban J connectivity index is 2.14. The maximum atomic E-state index is 8.44. The molecule has 1 fully saturated rings. The summed E-state index contributed by atoms with van der Waals surface area (Å²) in [5.41, 5.74) is 0. The smallest absolute Gasteiger partial charge is 0.0624 e. The van der Waals surface area contributed by atoms with Crippen molar-refractivity contribution in [2.75, 3.05) is 13.1 Å². The quantitative estimate of drug-likeness (QED) is 0.665. The molecule has 1 rings (SSSR count). The van der Waals surface area contributed by atoms with Gasteiger partial charge in [-0.1, -0.05) is 6.92 Å². The monoisotopic (exact) mass is 152 g/mol. The molecule has 1 N–H and O–H groups in total. The fraction of sp³-hybridized carbons (Fsp3) is 0.889. The molecule has 0 aromatic heterocycles. The van der Waals surface area contributed by atoms with Crippen molar-refractivity contribution in [1.82, 2.24) is 5.32 Å². The standard InChI is InChI=1S/C9H16N2/c1-8(2-4-10)6-9-3-5-11-7-9/h8-9,11H,2-3,5-7H2,1H3. The molecule has 0 aliphatic carbocycles. The van der Waals surface area contributed by atoms with E-state index in [1.165, 1.54) is 19.4 Å². The third kappa shape index (κ3) is 2.90. The van der Waals surface area contributed by atoms with E-state index in [9.17, 15) is 0 Å². The summed E-state index contributed by atoms with van der Waals surface area (Å²) in [5, 5.41) is 11.8. The average Bonchev–Trinajstić information content (AvgIpc) is 2.40. The molecule has 2 unspecified atom stereocenters. The number of rotatable bonds is 3. The predicted octanol–water partition coefficient (Wildman–Crippen LogP) is 1.54. The summed E-state index contributed by atoms with van der Waals surface area (Å²) in [6.07, 6.45) is 3.24. The number of nitrogens with zero attached hydrogens (tertiary/aromatic N) is 1. The Morgan fingerprint density at radius 2 is 2.55 bits per heavy atom. The second-order valence-electron chi connectivity index (χ2n) is 3.56. The van der Waals surface area contributed by atoms with Gasteiger partial charge in [0, 0.05) is 6.42 Å². The highest BCUT2D eigenvalue weighted by atomic mass is 14.9.